The molecule has 0 aliphatic carbocycles. The minimum absolute atomic E-state index is 0.139. The topological polar surface area (TPSA) is 88.2 Å². The van der Waals surface area contributed by atoms with Crippen LogP contribution in [0.5, 0.6) is 11.5 Å². The number of carbonyl (C=O) groups excluding carboxylic acids is 1. The Morgan fingerprint density at radius 1 is 1.07 bits per heavy atom. The zero-order valence-electron chi connectivity index (χ0n) is 15.5. The van der Waals surface area contributed by atoms with Crippen LogP contribution < -0.4 is 14.8 Å². The second-order valence-corrected chi connectivity index (χ2v) is 9.07. The number of benzene rings is 2. The first-order valence-corrected chi connectivity index (χ1v) is 10.9. The number of fused-ring (bicyclic) bond motifs is 1. The first kappa shape index (κ1) is 20.0. The minimum atomic E-state index is -3.77. The van der Waals surface area contributed by atoms with Gasteiger partial charge in [-0.2, -0.15) is 17.0 Å². The van der Waals surface area contributed by atoms with Gasteiger partial charge in [-0.25, -0.2) is 0 Å². The number of rotatable bonds is 5. The number of halogens is 1. The third-order valence-corrected chi connectivity index (χ3v) is 7.05. The van der Waals surface area contributed by atoms with Crippen LogP contribution in [-0.4, -0.2) is 49.4 Å². The largest absolute Gasteiger partial charge is 0.454 e. The molecule has 0 radical (unpaired) electrons. The van der Waals surface area contributed by atoms with Crippen molar-refractivity contribution in [3.8, 4) is 11.5 Å². The van der Waals surface area contributed by atoms with Gasteiger partial charge in [-0.05, 0) is 30.2 Å². The maximum Gasteiger partial charge on any atom is 0.282 e. The maximum atomic E-state index is 13.0. The Morgan fingerprint density at radius 2 is 1.83 bits per heavy atom. The summed E-state index contributed by atoms with van der Waals surface area (Å²) in [5.74, 6) is 0.725. The molecule has 0 spiro atoms. The monoisotopic (exact) mass is 437 g/mol. The number of hydrogen-bond donors (Lipinski definition) is 1. The molecule has 1 saturated heterocycles. The summed E-state index contributed by atoms with van der Waals surface area (Å²) in [5.41, 5.74) is 1.24. The van der Waals surface area contributed by atoms with E-state index in [1.54, 1.807) is 36.4 Å². The highest BCUT2D eigenvalue weighted by Crippen LogP contribution is 2.34. The van der Waals surface area contributed by atoms with E-state index in [4.69, 9.17) is 21.1 Å². The predicted octanol–water partition coefficient (Wildman–Crippen LogP) is 2.46. The lowest BCUT2D eigenvalue weighted by Gasteiger charge is -2.34. The van der Waals surface area contributed by atoms with Gasteiger partial charge in [0.05, 0.1) is 6.54 Å². The van der Waals surface area contributed by atoms with E-state index in [1.165, 1.54) is 8.61 Å². The van der Waals surface area contributed by atoms with E-state index in [9.17, 15) is 13.2 Å². The van der Waals surface area contributed by atoms with Crippen LogP contribution in [0.15, 0.2) is 42.5 Å². The zero-order valence-corrected chi connectivity index (χ0v) is 17.1. The molecule has 0 atom stereocenters. The fourth-order valence-corrected chi connectivity index (χ4v) is 5.11. The van der Waals surface area contributed by atoms with E-state index in [0.717, 1.165) is 5.56 Å². The molecule has 1 fully saturated rings. The van der Waals surface area contributed by atoms with Crippen LogP contribution in [0.25, 0.3) is 0 Å². The molecule has 2 heterocycles. The molecule has 1 amide bonds. The molecule has 0 unspecified atom stereocenters. The standard InChI is InChI=1S/C19H20ClN3O5S/c20-16-5-2-1-4-14(16)11-22-8-3-9-23(29(22,25)26)12-19(24)21-15-6-7-17-18(10-15)28-13-27-17/h1-2,4-7,10H,3,8-9,11-13H2,(H,21,24). The van der Waals surface area contributed by atoms with Gasteiger partial charge in [0, 0.05) is 36.4 Å². The molecule has 154 valence electrons. The molecule has 8 nitrogen and oxygen atoms in total. The van der Waals surface area contributed by atoms with E-state index < -0.39 is 16.1 Å². The molecular weight excluding hydrogens is 418 g/mol. The average molecular weight is 438 g/mol. The summed E-state index contributed by atoms with van der Waals surface area (Å²) >= 11 is 6.17. The Labute approximate surface area is 174 Å². The molecule has 0 aromatic heterocycles. The van der Waals surface area contributed by atoms with Gasteiger partial charge >= 0.3 is 0 Å². The van der Waals surface area contributed by atoms with Crippen molar-refractivity contribution in [1.82, 2.24) is 8.61 Å². The van der Waals surface area contributed by atoms with Gasteiger partial charge < -0.3 is 14.8 Å². The van der Waals surface area contributed by atoms with Crippen molar-refractivity contribution in [1.29, 1.82) is 0 Å². The van der Waals surface area contributed by atoms with Crippen LogP contribution in [-0.2, 0) is 21.5 Å². The predicted molar refractivity (Wildman–Crippen MR) is 108 cm³/mol. The second kappa shape index (κ2) is 8.19. The number of hydrogen-bond acceptors (Lipinski definition) is 5. The van der Waals surface area contributed by atoms with Crippen molar-refractivity contribution < 1.29 is 22.7 Å². The second-order valence-electron chi connectivity index (χ2n) is 6.74. The molecule has 29 heavy (non-hydrogen) atoms. The number of nitrogens with zero attached hydrogens (tertiary/aromatic N) is 2. The van der Waals surface area contributed by atoms with Crippen LogP contribution >= 0.6 is 11.6 Å². The number of nitrogens with one attached hydrogen (secondary N) is 1. The van der Waals surface area contributed by atoms with Crippen LogP contribution in [0.1, 0.15) is 12.0 Å². The summed E-state index contributed by atoms with van der Waals surface area (Å²) in [7, 11) is -3.77. The molecule has 4 rings (SSSR count). The van der Waals surface area contributed by atoms with Crippen molar-refractivity contribution in [2.75, 3.05) is 31.7 Å². The van der Waals surface area contributed by atoms with Crippen LogP contribution in [0.2, 0.25) is 5.02 Å². The maximum absolute atomic E-state index is 13.0. The van der Waals surface area contributed by atoms with E-state index >= 15 is 0 Å². The minimum Gasteiger partial charge on any atom is -0.454 e. The summed E-state index contributed by atoms with van der Waals surface area (Å²) in [5, 5.41) is 3.22. The fourth-order valence-electron chi connectivity index (χ4n) is 3.29. The summed E-state index contributed by atoms with van der Waals surface area (Å²) in [6.07, 6.45) is 0.626. The number of anilines is 1. The van der Waals surface area contributed by atoms with Crippen LogP contribution in [0, 0.1) is 0 Å². The first-order valence-electron chi connectivity index (χ1n) is 9.11. The van der Waals surface area contributed by atoms with Crippen molar-refractivity contribution in [2.45, 2.75) is 13.0 Å². The Balaban J connectivity index is 1.42. The van der Waals surface area contributed by atoms with Gasteiger partial charge in [-0.15, -0.1) is 0 Å². The highest BCUT2D eigenvalue weighted by atomic mass is 35.5. The Morgan fingerprint density at radius 3 is 2.66 bits per heavy atom. The smallest absolute Gasteiger partial charge is 0.282 e. The van der Waals surface area contributed by atoms with Crippen LogP contribution in [0.4, 0.5) is 5.69 Å². The zero-order chi connectivity index (χ0) is 20.4. The van der Waals surface area contributed by atoms with Gasteiger partial charge in [0.15, 0.2) is 11.5 Å². The lowest BCUT2D eigenvalue weighted by atomic mass is 10.2. The van der Waals surface area contributed by atoms with Crippen LogP contribution in [0.3, 0.4) is 0 Å². The first-order chi connectivity index (χ1) is 13.9. The molecule has 2 aliphatic rings. The lowest BCUT2D eigenvalue weighted by Crippen LogP contribution is -2.51. The number of carbonyl (C=O) groups is 1. The van der Waals surface area contributed by atoms with Crippen molar-refractivity contribution in [2.24, 2.45) is 0 Å². The van der Waals surface area contributed by atoms with Crippen molar-refractivity contribution >= 4 is 33.4 Å². The molecule has 1 N–H and O–H groups in total. The summed E-state index contributed by atoms with van der Waals surface area (Å²) in [6.45, 7) is 0.710. The SMILES string of the molecule is O=C(CN1CCCN(Cc2ccccc2Cl)S1(=O)=O)Nc1ccc2c(c1)OCO2. The lowest BCUT2D eigenvalue weighted by molar-refractivity contribution is -0.116. The Kier molecular flexibility index (Phi) is 5.64. The summed E-state index contributed by atoms with van der Waals surface area (Å²) < 4.78 is 39.0. The number of amides is 1. The summed E-state index contributed by atoms with van der Waals surface area (Å²) in [4.78, 5) is 12.5. The molecular formula is C19H20ClN3O5S. The molecule has 2 aliphatic heterocycles. The molecule has 2 aromatic rings. The molecule has 2 aromatic carbocycles. The highest BCUT2D eigenvalue weighted by Gasteiger charge is 2.35. The highest BCUT2D eigenvalue weighted by molar-refractivity contribution is 7.86. The fraction of sp³-hybridized carbons (Fsp3) is 0.316. The van der Waals surface area contributed by atoms with Gasteiger partial charge in [-0.3, -0.25) is 4.79 Å². The average Bonchev–Trinajstić information content (AvgIpc) is 3.14. The van der Waals surface area contributed by atoms with Gasteiger partial charge in [0.1, 0.15) is 0 Å². The molecule has 0 saturated carbocycles. The Bertz CT molecular complexity index is 1030. The molecule has 0 bridgehead atoms. The molecule has 10 heteroatoms. The van der Waals surface area contributed by atoms with Gasteiger partial charge in [0.2, 0.25) is 12.7 Å². The third kappa shape index (κ3) is 4.32. The quantitative estimate of drug-likeness (QED) is 0.776. The van der Waals surface area contributed by atoms with E-state index in [2.05, 4.69) is 5.32 Å². The van der Waals surface area contributed by atoms with E-state index in [-0.39, 0.29) is 26.4 Å². The number of ether oxygens (including phenoxy) is 2. The van der Waals surface area contributed by atoms with Crippen molar-refractivity contribution in [3.63, 3.8) is 0 Å². The summed E-state index contributed by atoms with van der Waals surface area (Å²) in [6, 6.07) is 12.2. The van der Waals surface area contributed by atoms with E-state index in [0.29, 0.717) is 35.2 Å². The van der Waals surface area contributed by atoms with Gasteiger partial charge in [0.25, 0.3) is 10.2 Å². The van der Waals surface area contributed by atoms with E-state index in [1.807, 2.05) is 6.07 Å². The Hall–Kier alpha value is -2.33. The van der Waals surface area contributed by atoms with Gasteiger partial charge in [-0.1, -0.05) is 29.8 Å². The van der Waals surface area contributed by atoms with Crippen molar-refractivity contribution in [3.05, 3.63) is 53.1 Å². The normalized spacial score (nSPS) is 18.5. The third-order valence-electron chi connectivity index (χ3n) is 4.75.